The Bertz CT molecular complexity index is 964. The summed E-state index contributed by atoms with van der Waals surface area (Å²) in [4.78, 5) is 11.1. The number of carbonyl (C=O) groups is 1. The molecule has 3 aromatic rings. The van der Waals surface area contributed by atoms with Crippen molar-refractivity contribution in [3.05, 3.63) is 66.4 Å². The normalized spacial score (nSPS) is 11.2. The first-order valence-corrected chi connectivity index (χ1v) is 8.31. The minimum absolute atomic E-state index is 0.0589. The van der Waals surface area contributed by atoms with Crippen LogP contribution in [0.3, 0.4) is 0 Å². The molecule has 0 unspecified atom stereocenters. The summed E-state index contributed by atoms with van der Waals surface area (Å²) in [6, 6.07) is 13.9. The molecule has 0 bridgehead atoms. The Morgan fingerprint density at radius 3 is 2.42 bits per heavy atom. The number of hydrogen-bond acceptors (Lipinski definition) is 5. The smallest absolute Gasteiger partial charge is 0.335 e. The molecule has 8 heteroatoms. The summed E-state index contributed by atoms with van der Waals surface area (Å²) in [6.07, 6.45) is 1.26. The Kier molecular flexibility index (Phi) is 4.05. The predicted octanol–water partition coefficient (Wildman–Crippen LogP) is 2.84. The molecule has 0 aliphatic carbocycles. The SMILES string of the molecule is O=C(O)c1cccc(-c2ccc(S(=O)(=O)Nc3ccon3)cc2)c1. The number of benzene rings is 2. The standard InChI is InChI=1S/C16H12N2O5S/c19-16(20)13-3-1-2-12(10-13)11-4-6-14(7-5-11)24(21,22)18-15-8-9-23-17-15/h1-10H,(H,17,18)(H,19,20). The van der Waals surface area contributed by atoms with Gasteiger partial charge in [0.25, 0.3) is 10.0 Å². The number of carboxylic acids is 1. The number of sulfonamides is 1. The molecule has 0 atom stereocenters. The molecule has 0 amide bonds. The summed E-state index contributed by atoms with van der Waals surface area (Å²) < 4.78 is 31.3. The lowest BCUT2D eigenvalue weighted by atomic mass is 10.0. The van der Waals surface area contributed by atoms with E-state index in [4.69, 9.17) is 5.11 Å². The van der Waals surface area contributed by atoms with E-state index < -0.39 is 16.0 Å². The van der Waals surface area contributed by atoms with E-state index in [-0.39, 0.29) is 16.3 Å². The van der Waals surface area contributed by atoms with Crippen molar-refractivity contribution in [3.63, 3.8) is 0 Å². The summed E-state index contributed by atoms with van der Waals surface area (Å²) >= 11 is 0. The lowest BCUT2D eigenvalue weighted by Crippen LogP contribution is -2.12. The van der Waals surface area contributed by atoms with Gasteiger partial charge in [0, 0.05) is 6.07 Å². The first-order valence-electron chi connectivity index (χ1n) is 6.83. The van der Waals surface area contributed by atoms with Crippen LogP contribution in [0.5, 0.6) is 0 Å². The molecule has 122 valence electrons. The van der Waals surface area contributed by atoms with E-state index in [0.29, 0.717) is 11.1 Å². The zero-order valence-electron chi connectivity index (χ0n) is 12.2. The van der Waals surface area contributed by atoms with Crippen LogP contribution < -0.4 is 4.72 Å². The van der Waals surface area contributed by atoms with Gasteiger partial charge in [0.15, 0.2) is 5.82 Å². The third kappa shape index (κ3) is 3.28. The number of anilines is 1. The highest BCUT2D eigenvalue weighted by atomic mass is 32.2. The van der Waals surface area contributed by atoms with Crippen molar-refractivity contribution in [3.8, 4) is 11.1 Å². The average Bonchev–Trinajstić information content (AvgIpc) is 3.07. The van der Waals surface area contributed by atoms with Crippen molar-refractivity contribution in [1.82, 2.24) is 5.16 Å². The summed E-state index contributed by atoms with van der Waals surface area (Å²) in [5.74, 6) is -0.930. The van der Waals surface area contributed by atoms with Crippen molar-refractivity contribution in [1.29, 1.82) is 0 Å². The van der Waals surface area contributed by atoms with Crippen LogP contribution in [0, 0.1) is 0 Å². The van der Waals surface area contributed by atoms with Crippen molar-refractivity contribution in [2.24, 2.45) is 0 Å². The number of aromatic carboxylic acids is 1. The van der Waals surface area contributed by atoms with Gasteiger partial charge in [-0.2, -0.15) is 0 Å². The molecule has 0 aliphatic heterocycles. The van der Waals surface area contributed by atoms with Gasteiger partial charge in [-0.1, -0.05) is 29.4 Å². The van der Waals surface area contributed by atoms with E-state index in [1.54, 1.807) is 24.3 Å². The highest BCUT2D eigenvalue weighted by molar-refractivity contribution is 7.92. The molecule has 0 radical (unpaired) electrons. The van der Waals surface area contributed by atoms with Crippen molar-refractivity contribution in [2.45, 2.75) is 4.90 Å². The van der Waals surface area contributed by atoms with E-state index >= 15 is 0 Å². The van der Waals surface area contributed by atoms with Gasteiger partial charge in [-0.25, -0.2) is 13.2 Å². The van der Waals surface area contributed by atoms with Crippen LogP contribution in [0.4, 0.5) is 5.82 Å². The Morgan fingerprint density at radius 2 is 1.79 bits per heavy atom. The van der Waals surface area contributed by atoms with Gasteiger partial charge in [-0.3, -0.25) is 4.72 Å². The van der Waals surface area contributed by atoms with Crippen LogP contribution in [0.1, 0.15) is 10.4 Å². The first-order chi connectivity index (χ1) is 11.5. The number of hydrogen-bond donors (Lipinski definition) is 2. The largest absolute Gasteiger partial charge is 0.478 e. The minimum atomic E-state index is -3.77. The molecule has 3 rings (SSSR count). The Hall–Kier alpha value is -3.13. The topological polar surface area (TPSA) is 110 Å². The molecule has 0 spiro atoms. The number of rotatable bonds is 5. The minimum Gasteiger partial charge on any atom is -0.478 e. The zero-order chi connectivity index (χ0) is 17.2. The Morgan fingerprint density at radius 1 is 1.04 bits per heavy atom. The fraction of sp³-hybridized carbons (Fsp3) is 0. The van der Waals surface area contributed by atoms with Crippen LogP contribution in [0.2, 0.25) is 0 Å². The maximum Gasteiger partial charge on any atom is 0.335 e. The first kappa shape index (κ1) is 15.8. The second-order valence-electron chi connectivity index (χ2n) is 4.90. The molecule has 0 fully saturated rings. The van der Waals surface area contributed by atoms with Gasteiger partial charge in [0.1, 0.15) is 6.26 Å². The quantitative estimate of drug-likeness (QED) is 0.736. The molecule has 1 heterocycles. The van der Waals surface area contributed by atoms with E-state index in [2.05, 4.69) is 14.4 Å². The molecule has 2 aromatic carbocycles. The van der Waals surface area contributed by atoms with Gasteiger partial charge in [-0.05, 0) is 35.4 Å². The lowest BCUT2D eigenvalue weighted by molar-refractivity contribution is 0.0697. The van der Waals surface area contributed by atoms with Crippen molar-refractivity contribution >= 4 is 21.8 Å². The monoisotopic (exact) mass is 344 g/mol. The van der Waals surface area contributed by atoms with Gasteiger partial charge in [-0.15, -0.1) is 0 Å². The maximum atomic E-state index is 12.2. The van der Waals surface area contributed by atoms with Crippen LogP contribution in [0.15, 0.2) is 70.3 Å². The van der Waals surface area contributed by atoms with Crippen molar-refractivity contribution < 1.29 is 22.8 Å². The van der Waals surface area contributed by atoms with E-state index in [1.807, 2.05) is 0 Å². The fourth-order valence-electron chi connectivity index (χ4n) is 2.12. The third-order valence-electron chi connectivity index (χ3n) is 3.28. The summed E-state index contributed by atoms with van der Waals surface area (Å²) in [6.45, 7) is 0. The van der Waals surface area contributed by atoms with Crippen LogP contribution in [-0.2, 0) is 10.0 Å². The van der Waals surface area contributed by atoms with Gasteiger partial charge < -0.3 is 9.63 Å². The molecule has 0 saturated heterocycles. The summed E-state index contributed by atoms with van der Waals surface area (Å²) in [7, 11) is -3.77. The van der Waals surface area contributed by atoms with E-state index in [9.17, 15) is 13.2 Å². The second kappa shape index (κ2) is 6.17. The van der Waals surface area contributed by atoms with E-state index in [0.717, 1.165) is 0 Å². The third-order valence-corrected chi connectivity index (χ3v) is 4.65. The van der Waals surface area contributed by atoms with Gasteiger partial charge in [0.05, 0.1) is 10.5 Å². The highest BCUT2D eigenvalue weighted by Crippen LogP contribution is 2.23. The molecule has 2 N–H and O–H groups in total. The van der Waals surface area contributed by atoms with Crippen LogP contribution in [-0.4, -0.2) is 24.7 Å². The maximum absolute atomic E-state index is 12.2. The number of nitrogens with one attached hydrogen (secondary N) is 1. The van der Waals surface area contributed by atoms with Gasteiger partial charge in [0.2, 0.25) is 0 Å². The fourth-order valence-corrected chi connectivity index (χ4v) is 3.11. The second-order valence-corrected chi connectivity index (χ2v) is 6.58. The molecule has 24 heavy (non-hydrogen) atoms. The highest BCUT2D eigenvalue weighted by Gasteiger charge is 2.15. The molecule has 7 nitrogen and oxygen atoms in total. The molecule has 1 aromatic heterocycles. The Balaban J connectivity index is 1.88. The van der Waals surface area contributed by atoms with Gasteiger partial charge >= 0.3 is 5.97 Å². The molecular formula is C16H12N2O5S. The van der Waals surface area contributed by atoms with Crippen LogP contribution >= 0.6 is 0 Å². The molecule has 0 saturated carbocycles. The molecular weight excluding hydrogens is 332 g/mol. The molecule has 0 aliphatic rings. The Labute approximate surface area is 137 Å². The number of nitrogens with zero attached hydrogens (tertiary/aromatic N) is 1. The van der Waals surface area contributed by atoms with E-state index in [1.165, 1.54) is 36.6 Å². The number of aromatic nitrogens is 1. The lowest BCUT2D eigenvalue weighted by Gasteiger charge is -2.07. The van der Waals surface area contributed by atoms with Crippen LogP contribution in [0.25, 0.3) is 11.1 Å². The summed E-state index contributed by atoms with van der Waals surface area (Å²) in [5, 5.41) is 12.5. The average molecular weight is 344 g/mol. The zero-order valence-corrected chi connectivity index (χ0v) is 13.0. The van der Waals surface area contributed by atoms with Crippen molar-refractivity contribution in [2.75, 3.05) is 4.72 Å². The number of carboxylic acid groups (broad SMARTS) is 1. The predicted molar refractivity (Wildman–Crippen MR) is 86.1 cm³/mol. The summed E-state index contributed by atoms with van der Waals surface area (Å²) in [5.41, 5.74) is 1.55.